The fourth-order valence-corrected chi connectivity index (χ4v) is 0.267. The maximum atomic E-state index is 5.21. The molecule has 0 nitrogen and oxygen atoms in total. The summed E-state index contributed by atoms with van der Waals surface area (Å²) in [7, 11) is 0.635. The molecule has 0 fully saturated rings. The van der Waals surface area contributed by atoms with E-state index in [-0.39, 0.29) is 0 Å². The molecule has 0 saturated carbocycles. The van der Waals surface area contributed by atoms with Crippen LogP contribution in [0.5, 0.6) is 0 Å². The third-order valence-corrected chi connectivity index (χ3v) is 0.503. The molecule has 0 aliphatic rings. The van der Waals surface area contributed by atoms with E-state index < -0.39 is 0 Å². The van der Waals surface area contributed by atoms with Gasteiger partial charge in [0.15, 0.2) is 0 Å². The maximum absolute atomic E-state index is 5.21. The van der Waals surface area contributed by atoms with Crippen LogP contribution in [0.3, 0.4) is 0 Å². The summed E-state index contributed by atoms with van der Waals surface area (Å²) in [5, 5.41) is 0. The van der Waals surface area contributed by atoms with Crippen molar-refractivity contribution in [3.63, 3.8) is 0 Å². The van der Waals surface area contributed by atoms with Crippen molar-refractivity contribution in [2.75, 3.05) is 0 Å². The second-order valence-corrected chi connectivity index (χ2v) is 1.03. The van der Waals surface area contributed by atoms with E-state index in [0.29, 0.717) is 8.12 Å². The van der Waals surface area contributed by atoms with Gasteiger partial charge in [0.25, 0.3) is 0 Å². The average molecular weight is 85.5 g/mol. The van der Waals surface area contributed by atoms with Crippen LogP contribution < -0.4 is 0 Å². The fraction of sp³-hybridized carbons (Fsp3) is 0.333. The van der Waals surface area contributed by atoms with Crippen molar-refractivity contribution in [1.82, 2.24) is 0 Å². The Hall–Kier alpha value is 0.199. The third-order valence-electron chi connectivity index (χ3n) is 0.325. The Morgan fingerprint density at radius 3 is 2.40 bits per heavy atom. The second-order valence-electron chi connectivity index (χ2n) is 0.723. The molecule has 0 unspecified atom stereocenters. The first-order valence-electron chi connectivity index (χ1n) is 1.59. The topological polar surface area (TPSA) is 0 Å². The SMILES string of the molecule is CC=[CH][Be][Cl]. The van der Waals surface area contributed by atoms with Crippen LogP contribution in [0.15, 0.2) is 11.9 Å². The van der Waals surface area contributed by atoms with Gasteiger partial charge in [-0.15, -0.1) is 0 Å². The molecule has 0 spiro atoms. The summed E-state index contributed by atoms with van der Waals surface area (Å²) in [4.78, 5) is 0. The molecule has 0 aromatic carbocycles. The molecule has 0 bridgehead atoms. The summed E-state index contributed by atoms with van der Waals surface area (Å²) in [6, 6.07) is 0. The summed E-state index contributed by atoms with van der Waals surface area (Å²) >= 11 is 5.21. The van der Waals surface area contributed by atoms with Gasteiger partial charge in [-0.25, -0.2) is 0 Å². The van der Waals surface area contributed by atoms with Gasteiger partial charge in [-0.05, 0) is 0 Å². The minimum absolute atomic E-state index is 0.635. The van der Waals surface area contributed by atoms with E-state index in [9.17, 15) is 0 Å². The molecule has 0 rings (SSSR count). The summed E-state index contributed by atoms with van der Waals surface area (Å²) in [6.07, 6.45) is 1.92. The van der Waals surface area contributed by atoms with Crippen molar-refractivity contribution >= 4 is 19.3 Å². The minimum atomic E-state index is 0.635. The molecule has 0 N–H and O–H groups in total. The molecule has 0 saturated heterocycles. The predicted octanol–water partition coefficient (Wildman–Crippen LogP) is 1.38. The Labute approximate surface area is 38.9 Å². The van der Waals surface area contributed by atoms with Gasteiger partial charge in [0, 0.05) is 0 Å². The molecule has 2 heteroatoms. The molecule has 0 aromatic rings. The van der Waals surface area contributed by atoms with Crippen LogP contribution >= 0.6 is 11.2 Å². The van der Waals surface area contributed by atoms with Gasteiger partial charge in [-0.2, -0.15) is 0 Å². The fourth-order valence-electron chi connectivity index (χ4n) is 0.0891. The molecule has 26 valence electrons. The first kappa shape index (κ1) is 5.20. The molecule has 0 aliphatic carbocycles. The number of halogens is 1. The van der Waals surface area contributed by atoms with E-state index in [0.717, 1.165) is 0 Å². The zero-order chi connectivity index (χ0) is 4.12. The van der Waals surface area contributed by atoms with E-state index in [1.165, 1.54) is 0 Å². The van der Waals surface area contributed by atoms with Gasteiger partial charge in [0.2, 0.25) is 0 Å². The Kier molecular flexibility index (Phi) is 4.37. The monoisotopic (exact) mass is 85.0 g/mol. The van der Waals surface area contributed by atoms with Crippen LogP contribution in [0.25, 0.3) is 0 Å². The predicted molar refractivity (Wildman–Crippen MR) is 26.4 cm³/mol. The first-order chi connectivity index (χ1) is 2.41. The van der Waals surface area contributed by atoms with Gasteiger partial charge < -0.3 is 0 Å². The van der Waals surface area contributed by atoms with Crippen molar-refractivity contribution in [3.8, 4) is 0 Å². The quantitative estimate of drug-likeness (QED) is 0.422. The van der Waals surface area contributed by atoms with Gasteiger partial charge in [0.05, 0.1) is 0 Å². The van der Waals surface area contributed by atoms with Crippen LogP contribution in [0.1, 0.15) is 6.92 Å². The van der Waals surface area contributed by atoms with Gasteiger partial charge >= 0.3 is 38.1 Å². The van der Waals surface area contributed by atoms with Crippen LogP contribution in [0.4, 0.5) is 0 Å². The molecule has 0 heterocycles. The second kappa shape index (κ2) is 4.20. The molecule has 0 radical (unpaired) electrons. The molecule has 5 heavy (non-hydrogen) atoms. The summed E-state index contributed by atoms with van der Waals surface area (Å²) in [5.41, 5.74) is 0. The molecular formula is C3H5BeCl. The van der Waals surface area contributed by atoms with Gasteiger partial charge in [-0.1, -0.05) is 0 Å². The molecule has 0 atom stereocenters. The van der Waals surface area contributed by atoms with Crippen LogP contribution in [0.2, 0.25) is 0 Å². The van der Waals surface area contributed by atoms with E-state index in [4.69, 9.17) is 11.2 Å². The van der Waals surface area contributed by atoms with E-state index in [2.05, 4.69) is 0 Å². The van der Waals surface area contributed by atoms with Crippen molar-refractivity contribution in [2.45, 2.75) is 6.92 Å². The van der Waals surface area contributed by atoms with Crippen molar-refractivity contribution in [3.05, 3.63) is 11.9 Å². The van der Waals surface area contributed by atoms with Crippen LogP contribution in [-0.2, 0) is 0 Å². The number of allylic oxidation sites excluding steroid dienone is 1. The van der Waals surface area contributed by atoms with E-state index in [1.54, 1.807) is 0 Å². The Balaban J connectivity index is 2.62. The van der Waals surface area contributed by atoms with Crippen molar-refractivity contribution < 1.29 is 0 Å². The standard InChI is InChI=1S/C3H5.Be.ClH/c1-3-2;;/h1,3H,2H3;;1H/q;+1;/p-1. The van der Waals surface area contributed by atoms with Gasteiger partial charge in [-0.3, -0.25) is 0 Å². The first-order valence-corrected chi connectivity index (χ1v) is 2.12. The Morgan fingerprint density at radius 2 is 2.40 bits per heavy atom. The summed E-state index contributed by atoms with van der Waals surface area (Å²) < 4.78 is 0. The number of rotatable bonds is 1. The summed E-state index contributed by atoms with van der Waals surface area (Å²) in [5.74, 6) is 1.89. The average Bonchev–Trinajstić information content (AvgIpc) is 1.41. The van der Waals surface area contributed by atoms with E-state index >= 15 is 0 Å². The summed E-state index contributed by atoms with van der Waals surface area (Å²) in [6.45, 7) is 1.95. The van der Waals surface area contributed by atoms with Crippen molar-refractivity contribution in [2.24, 2.45) is 0 Å². The molecule has 0 amide bonds. The molecule has 0 aromatic heterocycles. The molecular weight excluding hydrogens is 80.5 g/mol. The Morgan fingerprint density at radius 1 is 1.80 bits per heavy atom. The number of hydrogen-bond acceptors (Lipinski definition) is 0. The zero-order valence-electron chi connectivity index (χ0n) is 3.24. The number of hydrogen-bond donors (Lipinski definition) is 0. The normalized spacial score (nSPS) is 8.40. The van der Waals surface area contributed by atoms with Crippen LogP contribution in [0, 0.1) is 0 Å². The Bertz CT molecular complexity index is 33.9. The van der Waals surface area contributed by atoms with Gasteiger partial charge in [0.1, 0.15) is 0 Å². The van der Waals surface area contributed by atoms with Crippen molar-refractivity contribution in [1.29, 1.82) is 0 Å². The molecule has 0 aliphatic heterocycles. The zero-order valence-corrected chi connectivity index (χ0v) is 4.00. The third kappa shape index (κ3) is 4.20. The van der Waals surface area contributed by atoms with E-state index in [1.807, 2.05) is 18.8 Å². The van der Waals surface area contributed by atoms with Crippen LogP contribution in [-0.4, -0.2) is 8.12 Å².